The molecule has 0 saturated heterocycles. The lowest BCUT2D eigenvalue weighted by Crippen LogP contribution is -2.15. The monoisotopic (exact) mass is 555 g/mol. The first-order chi connectivity index (χ1) is 20.6. The highest BCUT2D eigenvalue weighted by Gasteiger charge is 2.40. The van der Waals surface area contributed by atoms with Crippen LogP contribution in [-0.2, 0) is 5.41 Å². The summed E-state index contributed by atoms with van der Waals surface area (Å²) >= 11 is 1.94. The molecule has 0 aliphatic heterocycles. The van der Waals surface area contributed by atoms with Gasteiger partial charge in [0.05, 0.1) is 11.0 Å². The van der Waals surface area contributed by atoms with Gasteiger partial charge in [-0.05, 0) is 53.1 Å². The minimum Gasteiger partial charge on any atom is -0.456 e. The number of aromatic nitrogens is 1. The van der Waals surface area contributed by atoms with Gasteiger partial charge in [-0.1, -0.05) is 92.7 Å². The summed E-state index contributed by atoms with van der Waals surface area (Å²) in [5, 5.41) is 7.72. The van der Waals surface area contributed by atoms with E-state index in [2.05, 4.69) is 128 Å². The van der Waals surface area contributed by atoms with E-state index in [4.69, 9.17) is 4.42 Å². The van der Waals surface area contributed by atoms with Crippen molar-refractivity contribution in [3.63, 3.8) is 0 Å². The minimum atomic E-state index is -0.131. The Morgan fingerprint density at radius 1 is 0.643 bits per heavy atom. The first kappa shape index (κ1) is 22.8. The molecule has 3 heteroatoms. The summed E-state index contributed by atoms with van der Waals surface area (Å²) in [5.74, 6) is 0. The van der Waals surface area contributed by atoms with Crippen molar-refractivity contribution in [3.05, 3.63) is 126 Å². The number of benzene rings is 6. The normalized spacial score (nSPS) is 14.1. The SMILES string of the molecule is CC1(C)c2ccccc2-c2c1c1c3ccccc3sc1c1c3ccccc3n(-c3ccc4oc5ccccc5c4c3)c21. The van der Waals surface area contributed by atoms with E-state index < -0.39 is 0 Å². The van der Waals surface area contributed by atoms with Gasteiger partial charge in [-0.15, -0.1) is 11.3 Å². The Morgan fingerprint density at radius 3 is 2.26 bits per heavy atom. The summed E-state index contributed by atoms with van der Waals surface area (Å²) in [4.78, 5) is 0. The third kappa shape index (κ3) is 2.66. The summed E-state index contributed by atoms with van der Waals surface area (Å²) in [6.45, 7) is 4.82. The third-order valence-electron chi connectivity index (χ3n) is 9.55. The van der Waals surface area contributed by atoms with Crippen LogP contribution in [-0.4, -0.2) is 4.57 Å². The maximum atomic E-state index is 6.23. The van der Waals surface area contributed by atoms with Gasteiger partial charge >= 0.3 is 0 Å². The zero-order chi connectivity index (χ0) is 27.7. The predicted octanol–water partition coefficient (Wildman–Crippen LogP) is 11.4. The number of para-hydroxylation sites is 2. The predicted molar refractivity (Wildman–Crippen MR) is 179 cm³/mol. The maximum absolute atomic E-state index is 6.23. The van der Waals surface area contributed by atoms with Crippen LogP contribution in [0.3, 0.4) is 0 Å². The van der Waals surface area contributed by atoms with Crippen molar-refractivity contribution in [2.24, 2.45) is 0 Å². The summed E-state index contributed by atoms with van der Waals surface area (Å²) < 4.78 is 11.5. The first-order valence-corrected chi connectivity index (χ1v) is 15.4. The highest BCUT2D eigenvalue weighted by atomic mass is 32.1. The van der Waals surface area contributed by atoms with E-state index in [1.807, 2.05) is 17.4 Å². The smallest absolute Gasteiger partial charge is 0.135 e. The van der Waals surface area contributed by atoms with Crippen LogP contribution < -0.4 is 0 Å². The van der Waals surface area contributed by atoms with E-state index in [-0.39, 0.29) is 5.41 Å². The van der Waals surface area contributed by atoms with Crippen LogP contribution in [0.2, 0.25) is 0 Å². The molecule has 0 fully saturated rings. The summed E-state index contributed by atoms with van der Waals surface area (Å²) in [6.07, 6.45) is 0. The molecular weight excluding hydrogens is 531 g/mol. The maximum Gasteiger partial charge on any atom is 0.135 e. The fraction of sp³-hybridized carbons (Fsp3) is 0.0769. The van der Waals surface area contributed by atoms with E-state index in [0.717, 1.165) is 27.6 Å². The molecule has 2 nitrogen and oxygen atoms in total. The van der Waals surface area contributed by atoms with Crippen molar-refractivity contribution in [2.75, 3.05) is 0 Å². The van der Waals surface area contributed by atoms with E-state index in [0.29, 0.717) is 0 Å². The zero-order valence-electron chi connectivity index (χ0n) is 23.2. The number of nitrogens with zero attached hydrogens (tertiary/aromatic N) is 1. The zero-order valence-corrected chi connectivity index (χ0v) is 24.0. The molecule has 3 aromatic heterocycles. The van der Waals surface area contributed by atoms with Crippen LogP contribution in [0.15, 0.2) is 120 Å². The van der Waals surface area contributed by atoms with Crippen LogP contribution in [0.5, 0.6) is 0 Å². The number of rotatable bonds is 1. The van der Waals surface area contributed by atoms with Gasteiger partial charge in [-0.25, -0.2) is 0 Å². The van der Waals surface area contributed by atoms with Crippen molar-refractivity contribution < 1.29 is 4.42 Å². The molecule has 1 aliphatic rings. The number of hydrogen-bond acceptors (Lipinski definition) is 2. The standard InChI is InChI=1S/C39H25NOS/c1-39(2)28-15-7-3-12-24(28)33-36(39)34-26-14-6-10-18-32(26)42-38(34)35-25-13-4-8-16-29(25)40(37(33)35)22-19-20-31-27(21-22)23-11-5-9-17-30(23)41-31/h3-21H,1-2H3. The van der Waals surface area contributed by atoms with Gasteiger partial charge in [-0.2, -0.15) is 0 Å². The molecule has 0 spiro atoms. The average Bonchev–Trinajstić information content (AvgIpc) is 3.74. The van der Waals surface area contributed by atoms with Crippen molar-refractivity contribution in [2.45, 2.75) is 19.3 Å². The molecule has 0 saturated carbocycles. The van der Waals surface area contributed by atoms with Crippen molar-refractivity contribution in [3.8, 4) is 16.8 Å². The average molecular weight is 556 g/mol. The van der Waals surface area contributed by atoms with Gasteiger partial charge in [0, 0.05) is 58.4 Å². The van der Waals surface area contributed by atoms with Gasteiger partial charge in [0.15, 0.2) is 0 Å². The second-order valence-corrected chi connectivity index (χ2v) is 13.1. The van der Waals surface area contributed by atoms with E-state index >= 15 is 0 Å². The van der Waals surface area contributed by atoms with Crippen LogP contribution in [0, 0.1) is 0 Å². The lowest BCUT2D eigenvalue weighted by molar-refractivity contribution is 0.667. The second kappa shape index (κ2) is 7.70. The first-order valence-electron chi connectivity index (χ1n) is 14.5. The molecule has 0 amide bonds. The van der Waals surface area contributed by atoms with Crippen molar-refractivity contribution in [1.82, 2.24) is 4.57 Å². The Hall–Kier alpha value is -4.86. The molecule has 10 rings (SSSR count). The van der Waals surface area contributed by atoms with Crippen molar-refractivity contribution in [1.29, 1.82) is 0 Å². The summed E-state index contributed by atoms with van der Waals surface area (Å²) in [6, 6.07) is 42.0. The van der Waals surface area contributed by atoms with E-state index in [1.165, 1.54) is 64.2 Å². The van der Waals surface area contributed by atoms with Crippen LogP contribution in [0.4, 0.5) is 0 Å². The molecule has 0 radical (unpaired) electrons. The Kier molecular flexibility index (Phi) is 4.18. The molecular formula is C39H25NOS. The Balaban J connectivity index is 1.48. The molecule has 0 bridgehead atoms. The second-order valence-electron chi connectivity index (χ2n) is 12.1. The molecule has 198 valence electrons. The summed E-state index contributed by atoms with van der Waals surface area (Å²) in [5.41, 5.74) is 11.0. The van der Waals surface area contributed by atoms with Crippen LogP contribution in [0.1, 0.15) is 25.0 Å². The number of fused-ring (bicyclic) bond motifs is 15. The molecule has 9 aromatic rings. The Bertz CT molecular complexity index is 2610. The fourth-order valence-electron chi connectivity index (χ4n) is 7.81. The lowest BCUT2D eigenvalue weighted by atomic mass is 9.80. The number of hydrogen-bond donors (Lipinski definition) is 0. The number of furan rings is 1. The molecule has 3 heterocycles. The molecule has 0 N–H and O–H groups in total. The van der Waals surface area contributed by atoms with E-state index in [9.17, 15) is 0 Å². The largest absolute Gasteiger partial charge is 0.456 e. The quantitative estimate of drug-likeness (QED) is 0.197. The van der Waals surface area contributed by atoms with Crippen molar-refractivity contribution >= 4 is 75.3 Å². The molecule has 0 atom stereocenters. The van der Waals surface area contributed by atoms with E-state index in [1.54, 1.807) is 0 Å². The Labute approximate surface area is 246 Å². The fourth-order valence-corrected chi connectivity index (χ4v) is 9.08. The molecule has 42 heavy (non-hydrogen) atoms. The van der Waals surface area contributed by atoms with Gasteiger partial charge in [0.25, 0.3) is 0 Å². The minimum absolute atomic E-state index is 0.131. The molecule has 0 unspecified atom stereocenters. The highest BCUT2D eigenvalue weighted by Crippen LogP contribution is 2.58. The van der Waals surface area contributed by atoms with Crippen LogP contribution >= 0.6 is 11.3 Å². The van der Waals surface area contributed by atoms with Gasteiger partial charge in [-0.3, -0.25) is 0 Å². The topological polar surface area (TPSA) is 18.1 Å². The van der Waals surface area contributed by atoms with Crippen LogP contribution in [0.25, 0.3) is 80.7 Å². The Morgan fingerprint density at radius 2 is 1.36 bits per heavy atom. The summed E-state index contributed by atoms with van der Waals surface area (Å²) in [7, 11) is 0. The van der Waals surface area contributed by atoms with Gasteiger partial charge < -0.3 is 8.98 Å². The molecule has 1 aliphatic carbocycles. The highest BCUT2D eigenvalue weighted by molar-refractivity contribution is 7.26. The van der Waals surface area contributed by atoms with Gasteiger partial charge in [0.2, 0.25) is 0 Å². The van der Waals surface area contributed by atoms with Gasteiger partial charge in [0.1, 0.15) is 11.2 Å². The molecule has 6 aromatic carbocycles. The number of thiophene rings is 1. The third-order valence-corrected chi connectivity index (χ3v) is 10.7. The lowest BCUT2D eigenvalue weighted by Gasteiger charge is -2.23.